The van der Waals surface area contributed by atoms with Gasteiger partial charge in [0.15, 0.2) is 0 Å². The fourth-order valence-corrected chi connectivity index (χ4v) is 2.84. The van der Waals surface area contributed by atoms with Crippen molar-refractivity contribution in [2.24, 2.45) is 0 Å². The molecule has 0 aliphatic carbocycles. The second-order valence-corrected chi connectivity index (χ2v) is 5.91. The largest absolute Gasteiger partial charge is 0.345 e. The van der Waals surface area contributed by atoms with Crippen molar-refractivity contribution in [3.05, 3.63) is 73.2 Å². The van der Waals surface area contributed by atoms with Crippen LogP contribution >= 0.6 is 23.2 Å². The number of hydrogen-bond acceptors (Lipinski definition) is 3. The molecular weight excluding hydrogens is 339 g/mol. The van der Waals surface area contributed by atoms with Crippen molar-refractivity contribution in [3.63, 3.8) is 0 Å². The first kappa shape index (κ1) is 17.2. The maximum Gasteiger partial charge on any atom is 0.273 e. The number of amides is 1. The Morgan fingerprint density at radius 1 is 1.26 bits per heavy atom. The monoisotopic (exact) mass is 352 g/mol. The minimum Gasteiger partial charge on any atom is -0.345 e. The highest BCUT2D eigenvalue weighted by Gasteiger charge is 2.20. The molecule has 2 aromatic rings. The number of nitrogens with zero attached hydrogens (tertiary/aromatic N) is 1. The number of carbonyl (C=O) groups excluding carboxylic acids is 1. The third kappa shape index (κ3) is 3.81. The number of carbonyl (C=O) groups is 1. The van der Waals surface area contributed by atoms with Crippen LogP contribution in [-0.4, -0.2) is 10.8 Å². The number of rotatable bonds is 4. The molecule has 0 heterocycles. The quantitative estimate of drug-likeness (QED) is 0.640. The SMILES string of the molecule is Cc1c(C(=O)N[C@H](C)c2ccc(Cl)cc2Cl)cccc1[N+](=O)[O-]. The molecule has 0 fully saturated rings. The van der Waals surface area contributed by atoms with Crippen LogP contribution in [0.2, 0.25) is 10.0 Å². The van der Waals surface area contributed by atoms with Gasteiger partial charge in [-0.3, -0.25) is 14.9 Å². The summed E-state index contributed by atoms with van der Waals surface area (Å²) in [4.78, 5) is 22.9. The Hall–Kier alpha value is -2.11. The number of nitro benzene ring substituents is 1. The van der Waals surface area contributed by atoms with Crippen molar-refractivity contribution in [1.29, 1.82) is 0 Å². The molecule has 2 rings (SSSR count). The van der Waals surface area contributed by atoms with Crippen LogP contribution < -0.4 is 5.32 Å². The summed E-state index contributed by atoms with van der Waals surface area (Å²) >= 11 is 12.0. The average Bonchev–Trinajstić information content (AvgIpc) is 2.46. The summed E-state index contributed by atoms with van der Waals surface area (Å²) in [6.45, 7) is 3.33. The smallest absolute Gasteiger partial charge is 0.273 e. The van der Waals surface area contributed by atoms with Gasteiger partial charge in [0.1, 0.15) is 0 Å². The summed E-state index contributed by atoms with van der Waals surface area (Å²) in [6, 6.07) is 9.05. The van der Waals surface area contributed by atoms with E-state index in [1.165, 1.54) is 12.1 Å². The minimum atomic E-state index is -0.508. The number of benzene rings is 2. The average molecular weight is 353 g/mol. The lowest BCUT2D eigenvalue weighted by molar-refractivity contribution is -0.385. The van der Waals surface area contributed by atoms with E-state index in [4.69, 9.17) is 23.2 Å². The van der Waals surface area contributed by atoms with Gasteiger partial charge in [-0.15, -0.1) is 0 Å². The van der Waals surface area contributed by atoms with Gasteiger partial charge < -0.3 is 5.32 Å². The summed E-state index contributed by atoms with van der Waals surface area (Å²) in [5.41, 5.74) is 1.21. The van der Waals surface area contributed by atoms with E-state index >= 15 is 0 Å². The Bertz CT molecular complexity index is 778. The Labute approximate surface area is 143 Å². The van der Waals surface area contributed by atoms with Crippen LogP contribution in [0.3, 0.4) is 0 Å². The summed E-state index contributed by atoms with van der Waals surface area (Å²) in [5, 5.41) is 14.7. The lowest BCUT2D eigenvalue weighted by atomic mass is 10.0. The van der Waals surface area contributed by atoms with Gasteiger partial charge in [0.2, 0.25) is 0 Å². The molecule has 0 radical (unpaired) electrons. The van der Waals surface area contributed by atoms with Gasteiger partial charge in [-0.25, -0.2) is 0 Å². The van der Waals surface area contributed by atoms with Crippen LogP contribution in [0.1, 0.15) is 34.5 Å². The predicted molar refractivity (Wildman–Crippen MR) is 90.2 cm³/mol. The zero-order chi connectivity index (χ0) is 17.1. The molecule has 0 aliphatic rings. The molecule has 5 nitrogen and oxygen atoms in total. The maximum atomic E-state index is 12.4. The first-order chi connectivity index (χ1) is 10.8. The van der Waals surface area contributed by atoms with Crippen LogP contribution in [0.4, 0.5) is 5.69 Å². The minimum absolute atomic E-state index is 0.0881. The van der Waals surface area contributed by atoms with Crippen molar-refractivity contribution in [2.45, 2.75) is 19.9 Å². The summed E-state index contributed by atoms with van der Waals surface area (Å²) in [6.07, 6.45) is 0. The van der Waals surface area contributed by atoms with Gasteiger partial charge in [-0.2, -0.15) is 0 Å². The Kier molecular flexibility index (Phi) is 5.23. The lowest BCUT2D eigenvalue weighted by Gasteiger charge is -2.16. The van der Waals surface area contributed by atoms with E-state index in [-0.39, 0.29) is 17.3 Å². The zero-order valence-electron chi connectivity index (χ0n) is 12.5. The molecule has 2 aromatic carbocycles. The van der Waals surface area contributed by atoms with Crippen molar-refractivity contribution in [1.82, 2.24) is 5.32 Å². The Morgan fingerprint density at radius 3 is 2.57 bits per heavy atom. The number of halogens is 2. The molecule has 0 aliphatic heterocycles. The Morgan fingerprint density at radius 2 is 1.96 bits per heavy atom. The number of nitrogens with one attached hydrogen (secondary N) is 1. The van der Waals surface area contributed by atoms with E-state index in [0.29, 0.717) is 21.2 Å². The van der Waals surface area contributed by atoms with Crippen LogP contribution in [0.25, 0.3) is 0 Å². The third-order valence-corrected chi connectivity index (χ3v) is 4.09. The van der Waals surface area contributed by atoms with Crippen molar-refractivity contribution >= 4 is 34.8 Å². The third-order valence-electron chi connectivity index (χ3n) is 3.52. The normalized spacial score (nSPS) is 11.8. The highest BCUT2D eigenvalue weighted by atomic mass is 35.5. The first-order valence-electron chi connectivity index (χ1n) is 6.81. The Balaban J connectivity index is 2.25. The summed E-state index contributed by atoms with van der Waals surface area (Å²) in [5.74, 6) is -0.398. The highest BCUT2D eigenvalue weighted by Crippen LogP contribution is 2.27. The highest BCUT2D eigenvalue weighted by molar-refractivity contribution is 6.35. The molecule has 7 heteroatoms. The van der Waals surface area contributed by atoms with Gasteiger partial charge in [-0.05, 0) is 37.6 Å². The van der Waals surface area contributed by atoms with Crippen molar-refractivity contribution < 1.29 is 9.72 Å². The molecule has 1 atom stereocenters. The summed E-state index contributed by atoms with van der Waals surface area (Å²) < 4.78 is 0. The fraction of sp³-hybridized carbons (Fsp3) is 0.188. The summed E-state index contributed by atoms with van der Waals surface area (Å²) in [7, 11) is 0. The molecule has 0 unspecified atom stereocenters. The van der Waals surface area contributed by atoms with Gasteiger partial charge in [-0.1, -0.05) is 35.3 Å². The second-order valence-electron chi connectivity index (χ2n) is 5.07. The fourth-order valence-electron chi connectivity index (χ4n) is 2.27. The molecule has 0 saturated carbocycles. The standard InChI is InChI=1S/C16H14Cl2N2O3/c1-9-12(4-3-5-15(9)20(22)23)16(21)19-10(2)13-7-6-11(17)8-14(13)18/h3-8,10H,1-2H3,(H,19,21)/t10-/m1/s1. The van der Waals surface area contributed by atoms with Crippen LogP contribution in [0, 0.1) is 17.0 Å². The van der Waals surface area contributed by atoms with Crippen LogP contribution in [0.5, 0.6) is 0 Å². The first-order valence-corrected chi connectivity index (χ1v) is 7.56. The van der Waals surface area contributed by atoms with E-state index in [2.05, 4.69) is 5.32 Å². The van der Waals surface area contributed by atoms with Gasteiger partial charge in [0.25, 0.3) is 11.6 Å². The predicted octanol–water partition coefficient (Wildman–Crippen LogP) is 4.70. The molecule has 0 saturated heterocycles. The van der Waals surface area contributed by atoms with E-state index in [9.17, 15) is 14.9 Å². The van der Waals surface area contributed by atoms with E-state index in [0.717, 1.165) is 0 Å². The molecule has 0 aromatic heterocycles. The lowest BCUT2D eigenvalue weighted by Crippen LogP contribution is -2.27. The van der Waals surface area contributed by atoms with Crippen LogP contribution in [0.15, 0.2) is 36.4 Å². The van der Waals surface area contributed by atoms with Crippen molar-refractivity contribution in [2.75, 3.05) is 0 Å². The molecule has 0 bridgehead atoms. The molecular formula is C16H14Cl2N2O3. The molecule has 120 valence electrons. The molecule has 1 N–H and O–H groups in total. The van der Waals surface area contributed by atoms with Gasteiger partial charge in [0.05, 0.1) is 11.0 Å². The second kappa shape index (κ2) is 6.98. The topological polar surface area (TPSA) is 72.2 Å². The molecule has 0 spiro atoms. The molecule has 1 amide bonds. The number of hydrogen-bond donors (Lipinski definition) is 1. The van der Waals surface area contributed by atoms with E-state index in [1.807, 2.05) is 0 Å². The maximum absolute atomic E-state index is 12.4. The van der Waals surface area contributed by atoms with Crippen LogP contribution in [-0.2, 0) is 0 Å². The molecule has 23 heavy (non-hydrogen) atoms. The van der Waals surface area contributed by atoms with Crippen molar-refractivity contribution in [3.8, 4) is 0 Å². The zero-order valence-corrected chi connectivity index (χ0v) is 14.0. The van der Waals surface area contributed by atoms with Gasteiger partial charge in [0, 0.05) is 27.2 Å². The van der Waals surface area contributed by atoms with Gasteiger partial charge >= 0.3 is 0 Å². The van der Waals surface area contributed by atoms with E-state index in [1.54, 1.807) is 38.1 Å². The number of nitro groups is 1. The van der Waals surface area contributed by atoms with E-state index < -0.39 is 10.8 Å².